The van der Waals surface area contributed by atoms with Gasteiger partial charge in [-0.25, -0.2) is 0 Å². The van der Waals surface area contributed by atoms with E-state index in [4.69, 9.17) is 0 Å². The smallest absolute Gasteiger partial charge is 0.0378 e. The average Bonchev–Trinajstić information content (AvgIpc) is 2.61. The van der Waals surface area contributed by atoms with E-state index in [2.05, 4.69) is 70.7 Å². The highest BCUT2D eigenvalue weighted by Crippen LogP contribution is 2.23. The summed E-state index contributed by atoms with van der Waals surface area (Å²) in [6.45, 7) is 5.76. The van der Waals surface area contributed by atoms with Crippen molar-refractivity contribution in [2.45, 2.75) is 11.3 Å². The van der Waals surface area contributed by atoms with Gasteiger partial charge in [-0.2, -0.15) is 0 Å². The minimum atomic E-state index is 1.13. The highest BCUT2D eigenvalue weighted by molar-refractivity contribution is 7.98. The highest BCUT2D eigenvalue weighted by atomic mass is 32.2. The molecular weight excluding hydrogens is 288 g/mol. The van der Waals surface area contributed by atoms with Gasteiger partial charge >= 0.3 is 0 Å². The molecule has 1 fully saturated rings. The van der Waals surface area contributed by atoms with E-state index < -0.39 is 0 Å². The number of anilines is 1. The molecule has 3 rings (SSSR count). The summed E-state index contributed by atoms with van der Waals surface area (Å²) < 4.78 is 0. The quantitative estimate of drug-likeness (QED) is 0.776. The molecule has 0 saturated carbocycles. The Kier molecular flexibility index (Phi) is 5.41. The second-order valence-corrected chi connectivity index (χ2v) is 6.65. The fourth-order valence-electron chi connectivity index (χ4n) is 2.97. The number of thioether (sulfide) groups is 1. The molecule has 2 aromatic carbocycles. The molecule has 0 aliphatic carbocycles. The van der Waals surface area contributed by atoms with Crippen LogP contribution in [0.15, 0.2) is 59.5 Å². The third-order valence-corrected chi connectivity index (χ3v) is 5.08. The molecule has 0 bridgehead atoms. The third kappa shape index (κ3) is 4.05. The standard InChI is InChI=1S/C19H24N2S/c1-22-19-9-5-8-18(16-19)21-14-12-20(13-15-21)11-10-17-6-3-2-4-7-17/h2-9,16H,10-15H2,1H3. The summed E-state index contributed by atoms with van der Waals surface area (Å²) >= 11 is 1.82. The zero-order valence-corrected chi connectivity index (χ0v) is 14.1. The van der Waals surface area contributed by atoms with Crippen molar-refractivity contribution in [3.63, 3.8) is 0 Å². The minimum Gasteiger partial charge on any atom is -0.369 e. The summed E-state index contributed by atoms with van der Waals surface area (Å²) in [5.74, 6) is 0. The second-order valence-electron chi connectivity index (χ2n) is 5.77. The van der Waals surface area contributed by atoms with Crippen LogP contribution in [0.1, 0.15) is 5.56 Å². The molecule has 0 aromatic heterocycles. The number of nitrogens with zero attached hydrogens (tertiary/aromatic N) is 2. The van der Waals surface area contributed by atoms with Crippen LogP contribution in [-0.2, 0) is 6.42 Å². The van der Waals surface area contributed by atoms with Crippen LogP contribution in [0, 0.1) is 0 Å². The van der Waals surface area contributed by atoms with E-state index in [0.29, 0.717) is 0 Å². The van der Waals surface area contributed by atoms with Crippen LogP contribution in [0.4, 0.5) is 5.69 Å². The second kappa shape index (κ2) is 7.70. The van der Waals surface area contributed by atoms with Crippen LogP contribution in [0.25, 0.3) is 0 Å². The molecule has 0 N–H and O–H groups in total. The fraction of sp³-hybridized carbons (Fsp3) is 0.368. The van der Waals surface area contributed by atoms with Gasteiger partial charge < -0.3 is 4.90 Å². The molecule has 2 aromatic rings. The molecule has 1 aliphatic heterocycles. The van der Waals surface area contributed by atoms with E-state index in [1.54, 1.807) is 0 Å². The van der Waals surface area contributed by atoms with Crippen LogP contribution >= 0.6 is 11.8 Å². The van der Waals surface area contributed by atoms with Gasteiger partial charge in [0.15, 0.2) is 0 Å². The predicted octanol–water partition coefficient (Wildman–Crippen LogP) is 3.77. The summed E-state index contributed by atoms with van der Waals surface area (Å²) in [7, 11) is 0. The molecule has 1 aliphatic rings. The van der Waals surface area contributed by atoms with Gasteiger partial charge in [0.2, 0.25) is 0 Å². The Balaban J connectivity index is 1.49. The van der Waals surface area contributed by atoms with Gasteiger partial charge in [0.05, 0.1) is 0 Å². The van der Waals surface area contributed by atoms with Crippen molar-refractivity contribution in [1.82, 2.24) is 4.90 Å². The Hall–Kier alpha value is -1.45. The van der Waals surface area contributed by atoms with Crippen molar-refractivity contribution in [2.24, 2.45) is 0 Å². The summed E-state index contributed by atoms with van der Waals surface area (Å²) in [4.78, 5) is 6.45. The van der Waals surface area contributed by atoms with Crippen molar-refractivity contribution >= 4 is 17.4 Å². The molecule has 22 heavy (non-hydrogen) atoms. The van der Waals surface area contributed by atoms with Crippen LogP contribution in [0.3, 0.4) is 0 Å². The van der Waals surface area contributed by atoms with Gasteiger partial charge in [-0.3, -0.25) is 4.90 Å². The molecule has 0 radical (unpaired) electrons. The van der Waals surface area contributed by atoms with Gasteiger partial charge in [-0.05, 0) is 36.4 Å². The van der Waals surface area contributed by atoms with Gasteiger partial charge in [0, 0.05) is 43.3 Å². The SMILES string of the molecule is CSc1cccc(N2CCN(CCc3ccccc3)CC2)c1. The molecule has 0 amide bonds. The number of hydrogen-bond acceptors (Lipinski definition) is 3. The first-order chi connectivity index (χ1) is 10.8. The van der Waals surface area contributed by atoms with Crippen molar-refractivity contribution in [3.8, 4) is 0 Å². The fourth-order valence-corrected chi connectivity index (χ4v) is 3.42. The van der Waals surface area contributed by atoms with E-state index in [9.17, 15) is 0 Å². The van der Waals surface area contributed by atoms with E-state index >= 15 is 0 Å². The van der Waals surface area contributed by atoms with Gasteiger partial charge in [0.1, 0.15) is 0 Å². The topological polar surface area (TPSA) is 6.48 Å². The number of benzene rings is 2. The van der Waals surface area contributed by atoms with Crippen molar-refractivity contribution in [3.05, 3.63) is 60.2 Å². The zero-order valence-electron chi connectivity index (χ0n) is 13.2. The summed E-state index contributed by atoms with van der Waals surface area (Å²) in [6, 6.07) is 19.7. The summed E-state index contributed by atoms with van der Waals surface area (Å²) in [6.07, 6.45) is 3.30. The number of hydrogen-bond donors (Lipinski definition) is 0. The molecule has 2 nitrogen and oxygen atoms in total. The summed E-state index contributed by atoms with van der Waals surface area (Å²) in [5.41, 5.74) is 2.81. The minimum absolute atomic E-state index is 1.13. The van der Waals surface area contributed by atoms with Gasteiger partial charge in [0.25, 0.3) is 0 Å². The lowest BCUT2D eigenvalue weighted by Gasteiger charge is -2.36. The molecule has 0 unspecified atom stereocenters. The van der Waals surface area contributed by atoms with Gasteiger partial charge in [-0.15, -0.1) is 11.8 Å². The van der Waals surface area contributed by atoms with E-state index in [1.165, 1.54) is 22.7 Å². The first kappa shape index (κ1) is 15.4. The van der Waals surface area contributed by atoms with Crippen LogP contribution in [0.2, 0.25) is 0 Å². The number of piperazine rings is 1. The Morgan fingerprint density at radius 1 is 0.909 bits per heavy atom. The van der Waals surface area contributed by atoms with Crippen molar-refractivity contribution in [1.29, 1.82) is 0 Å². The molecule has 0 atom stereocenters. The summed E-state index contributed by atoms with van der Waals surface area (Å²) in [5, 5.41) is 0. The normalized spacial score (nSPS) is 16.0. The molecule has 1 saturated heterocycles. The van der Waals surface area contributed by atoms with E-state index in [1.807, 2.05) is 11.8 Å². The van der Waals surface area contributed by atoms with Crippen LogP contribution in [0.5, 0.6) is 0 Å². The van der Waals surface area contributed by atoms with E-state index in [-0.39, 0.29) is 0 Å². The van der Waals surface area contributed by atoms with Crippen molar-refractivity contribution in [2.75, 3.05) is 43.9 Å². The highest BCUT2D eigenvalue weighted by Gasteiger charge is 2.17. The molecule has 0 spiro atoms. The van der Waals surface area contributed by atoms with Crippen molar-refractivity contribution < 1.29 is 0 Å². The molecular formula is C19H24N2S. The maximum Gasteiger partial charge on any atom is 0.0378 e. The maximum absolute atomic E-state index is 2.59. The van der Waals surface area contributed by atoms with Gasteiger partial charge in [-0.1, -0.05) is 36.4 Å². The average molecular weight is 312 g/mol. The Morgan fingerprint density at radius 2 is 1.68 bits per heavy atom. The lowest BCUT2D eigenvalue weighted by Crippen LogP contribution is -2.47. The monoisotopic (exact) mass is 312 g/mol. The van der Waals surface area contributed by atoms with E-state index in [0.717, 1.165) is 32.6 Å². The van der Waals surface area contributed by atoms with Crippen LogP contribution < -0.4 is 4.90 Å². The maximum atomic E-state index is 2.59. The largest absolute Gasteiger partial charge is 0.369 e. The number of rotatable bonds is 5. The van der Waals surface area contributed by atoms with Crippen LogP contribution in [-0.4, -0.2) is 43.9 Å². The Morgan fingerprint density at radius 3 is 2.41 bits per heavy atom. The first-order valence-corrected chi connectivity index (χ1v) is 9.23. The third-order valence-electron chi connectivity index (χ3n) is 4.35. The lowest BCUT2D eigenvalue weighted by atomic mass is 10.1. The Labute approximate surface area is 138 Å². The predicted molar refractivity (Wildman–Crippen MR) is 97.0 cm³/mol. The molecule has 116 valence electrons. The first-order valence-electron chi connectivity index (χ1n) is 8.00. The Bertz CT molecular complexity index is 577. The zero-order chi connectivity index (χ0) is 15.2. The molecule has 1 heterocycles. The lowest BCUT2D eigenvalue weighted by molar-refractivity contribution is 0.261. The molecule has 3 heteroatoms.